The number of rotatable bonds is 6. The summed E-state index contributed by atoms with van der Waals surface area (Å²) < 4.78 is 12.3. The van der Waals surface area contributed by atoms with Gasteiger partial charge in [-0.2, -0.15) is 9.61 Å². The number of ether oxygens (including phenoxy) is 2. The Balaban J connectivity index is 1.96. The third-order valence-corrected chi connectivity index (χ3v) is 4.79. The predicted molar refractivity (Wildman–Crippen MR) is 108 cm³/mol. The highest BCUT2D eigenvalue weighted by Gasteiger charge is 2.11. The van der Waals surface area contributed by atoms with Gasteiger partial charge >= 0.3 is 0 Å². The summed E-state index contributed by atoms with van der Waals surface area (Å²) in [4.78, 5) is 16.8. The highest BCUT2D eigenvalue weighted by molar-refractivity contribution is 7.18. The summed E-state index contributed by atoms with van der Waals surface area (Å²) in [5.74, 6) is 3.56. The maximum atomic E-state index is 12.0. The normalized spacial score (nSPS) is 11.4. The summed E-state index contributed by atoms with van der Waals surface area (Å²) in [5, 5.41) is 5.14. The summed E-state index contributed by atoms with van der Waals surface area (Å²) in [7, 11) is 0. The first-order valence-corrected chi connectivity index (χ1v) is 9.29. The van der Waals surface area contributed by atoms with Gasteiger partial charge in [0.05, 0.1) is 11.6 Å². The van der Waals surface area contributed by atoms with Crippen LogP contribution >= 0.6 is 22.9 Å². The van der Waals surface area contributed by atoms with E-state index in [2.05, 4.69) is 16.0 Å². The fraction of sp³-hybridized carbons (Fsp3) is 0.211. The molecule has 0 fully saturated rings. The lowest BCUT2D eigenvalue weighted by molar-refractivity contribution is 0.299. The van der Waals surface area contributed by atoms with Crippen LogP contribution in [0.1, 0.15) is 23.2 Å². The van der Waals surface area contributed by atoms with Crippen molar-refractivity contribution >= 4 is 39.0 Å². The average molecular weight is 402 g/mol. The molecule has 0 aliphatic carbocycles. The van der Waals surface area contributed by atoms with Crippen LogP contribution in [0.4, 0.5) is 0 Å². The number of hydrogen-bond acceptors (Lipinski definition) is 6. The van der Waals surface area contributed by atoms with Gasteiger partial charge in [0, 0.05) is 11.8 Å². The first kappa shape index (κ1) is 19.0. The van der Waals surface area contributed by atoms with Gasteiger partial charge in [-0.15, -0.1) is 6.42 Å². The van der Waals surface area contributed by atoms with Crippen molar-refractivity contribution in [3.05, 3.63) is 50.9 Å². The van der Waals surface area contributed by atoms with E-state index in [0.717, 1.165) is 5.56 Å². The monoisotopic (exact) mass is 401 g/mol. The molecule has 0 saturated carbocycles. The smallest absolute Gasteiger partial charge is 0.275 e. The van der Waals surface area contributed by atoms with E-state index in [1.54, 1.807) is 25.1 Å². The second kappa shape index (κ2) is 8.25. The van der Waals surface area contributed by atoms with Gasteiger partial charge in [-0.1, -0.05) is 34.9 Å². The van der Waals surface area contributed by atoms with Crippen LogP contribution in [0.3, 0.4) is 0 Å². The van der Waals surface area contributed by atoms with Crippen LogP contribution in [0, 0.1) is 19.3 Å². The van der Waals surface area contributed by atoms with Crippen molar-refractivity contribution in [2.45, 2.75) is 13.8 Å². The summed E-state index contributed by atoms with van der Waals surface area (Å²) in [6.07, 6.45) is 6.98. The minimum atomic E-state index is -0.238. The van der Waals surface area contributed by atoms with Crippen LogP contribution in [0.2, 0.25) is 0 Å². The Morgan fingerprint density at radius 1 is 1.37 bits per heavy atom. The van der Waals surface area contributed by atoms with Crippen LogP contribution in [0.25, 0.3) is 16.1 Å². The highest BCUT2D eigenvalue weighted by Crippen LogP contribution is 2.31. The SMILES string of the molecule is C#CCOc1ccc(/C=C(\Cl)c2nn3c(=O)cc(C)nc3s2)cc1OCC. The highest BCUT2D eigenvalue weighted by atomic mass is 35.5. The van der Waals surface area contributed by atoms with Crippen molar-refractivity contribution in [1.82, 2.24) is 14.6 Å². The number of halogens is 1. The Morgan fingerprint density at radius 2 is 2.19 bits per heavy atom. The van der Waals surface area contributed by atoms with Gasteiger partial charge in [-0.05, 0) is 37.6 Å². The summed E-state index contributed by atoms with van der Waals surface area (Å²) in [6.45, 7) is 4.29. The van der Waals surface area contributed by atoms with Crippen molar-refractivity contribution in [2.24, 2.45) is 0 Å². The van der Waals surface area contributed by atoms with Gasteiger partial charge in [0.1, 0.15) is 6.61 Å². The molecule has 0 atom stereocenters. The zero-order valence-corrected chi connectivity index (χ0v) is 16.3. The number of benzene rings is 1. The minimum Gasteiger partial charge on any atom is -0.490 e. The molecule has 0 bridgehead atoms. The molecular formula is C19H16ClN3O3S. The molecule has 2 aromatic heterocycles. The van der Waals surface area contributed by atoms with Crippen LogP contribution in [0.5, 0.6) is 11.5 Å². The third kappa shape index (κ3) is 4.30. The van der Waals surface area contributed by atoms with Crippen LogP contribution in [0.15, 0.2) is 29.1 Å². The fourth-order valence-electron chi connectivity index (χ4n) is 2.35. The van der Waals surface area contributed by atoms with Gasteiger partial charge in [0.15, 0.2) is 16.5 Å². The van der Waals surface area contributed by atoms with E-state index in [1.165, 1.54) is 21.9 Å². The van der Waals surface area contributed by atoms with E-state index >= 15 is 0 Å². The predicted octanol–water partition coefficient (Wildman–Crippen LogP) is 3.61. The molecule has 0 unspecified atom stereocenters. The molecule has 1 aromatic carbocycles. The van der Waals surface area contributed by atoms with Crippen LogP contribution in [-0.4, -0.2) is 27.8 Å². The molecule has 3 rings (SSSR count). The summed E-state index contributed by atoms with van der Waals surface area (Å²) in [5.41, 5.74) is 1.20. The Labute approximate surface area is 165 Å². The van der Waals surface area contributed by atoms with Gasteiger partial charge < -0.3 is 9.47 Å². The molecule has 0 spiro atoms. The largest absolute Gasteiger partial charge is 0.490 e. The van der Waals surface area contributed by atoms with E-state index in [9.17, 15) is 4.79 Å². The molecule has 0 N–H and O–H groups in total. The quantitative estimate of drug-likeness (QED) is 0.590. The van der Waals surface area contributed by atoms with E-state index in [4.69, 9.17) is 27.5 Å². The van der Waals surface area contributed by atoms with E-state index in [-0.39, 0.29) is 12.2 Å². The summed E-state index contributed by atoms with van der Waals surface area (Å²) in [6, 6.07) is 6.84. The van der Waals surface area contributed by atoms with Crippen molar-refractivity contribution in [1.29, 1.82) is 0 Å². The maximum Gasteiger partial charge on any atom is 0.275 e. The number of terminal acetylenes is 1. The first-order valence-electron chi connectivity index (χ1n) is 8.10. The number of aryl methyl sites for hydroxylation is 1. The second-order valence-electron chi connectivity index (χ2n) is 5.46. The molecule has 138 valence electrons. The average Bonchev–Trinajstić information content (AvgIpc) is 3.06. The zero-order valence-electron chi connectivity index (χ0n) is 14.7. The lowest BCUT2D eigenvalue weighted by Crippen LogP contribution is -2.14. The lowest BCUT2D eigenvalue weighted by Gasteiger charge is -2.11. The van der Waals surface area contributed by atoms with Gasteiger partial charge in [0.25, 0.3) is 5.56 Å². The van der Waals surface area contributed by atoms with Crippen LogP contribution < -0.4 is 15.0 Å². The lowest BCUT2D eigenvalue weighted by atomic mass is 10.2. The summed E-state index contributed by atoms with van der Waals surface area (Å²) >= 11 is 7.67. The van der Waals surface area contributed by atoms with Crippen LogP contribution in [-0.2, 0) is 0 Å². The number of nitrogens with zero attached hydrogens (tertiary/aromatic N) is 3. The number of hydrogen-bond donors (Lipinski definition) is 0. The molecule has 2 heterocycles. The molecule has 0 aliphatic rings. The Hall–Kier alpha value is -2.82. The minimum absolute atomic E-state index is 0.156. The molecule has 0 saturated heterocycles. The number of aromatic nitrogens is 3. The topological polar surface area (TPSA) is 65.7 Å². The Kier molecular flexibility index (Phi) is 5.79. The number of fused-ring (bicyclic) bond motifs is 1. The molecule has 0 amide bonds. The molecule has 6 nitrogen and oxygen atoms in total. The van der Waals surface area contributed by atoms with Crippen molar-refractivity contribution in [3.8, 4) is 23.8 Å². The zero-order chi connectivity index (χ0) is 19.4. The van der Waals surface area contributed by atoms with Crippen molar-refractivity contribution in [2.75, 3.05) is 13.2 Å². The molecule has 0 aliphatic heterocycles. The van der Waals surface area contributed by atoms with Gasteiger partial charge in [0.2, 0.25) is 4.96 Å². The van der Waals surface area contributed by atoms with Crippen molar-refractivity contribution < 1.29 is 9.47 Å². The van der Waals surface area contributed by atoms with E-state index < -0.39 is 0 Å². The Morgan fingerprint density at radius 3 is 2.93 bits per heavy atom. The molecular weight excluding hydrogens is 386 g/mol. The van der Waals surface area contributed by atoms with E-state index in [0.29, 0.717) is 38.8 Å². The van der Waals surface area contributed by atoms with Gasteiger partial charge in [-0.3, -0.25) is 4.79 Å². The first-order chi connectivity index (χ1) is 13.0. The molecule has 0 radical (unpaired) electrons. The molecule has 8 heteroatoms. The van der Waals surface area contributed by atoms with Crippen molar-refractivity contribution in [3.63, 3.8) is 0 Å². The van der Waals surface area contributed by atoms with Gasteiger partial charge in [-0.25, -0.2) is 4.98 Å². The fourth-order valence-corrected chi connectivity index (χ4v) is 3.48. The van der Waals surface area contributed by atoms with E-state index in [1.807, 2.05) is 13.0 Å². The molecule has 27 heavy (non-hydrogen) atoms. The second-order valence-corrected chi connectivity index (χ2v) is 6.82. The third-order valence-electron chi connectivity index (χ3n) is 3.45. The maximum absolute atomic E-state index is 12.0. The Bertz CT molecular complexity index is 1110. The molecule has 3 aromatic rings. The standard InChI is InChI=1S/C19H16ClN3O3S/c1-4-8-26-15-7-6-13(11-16(15)25-5-2)10-14(20)18-22-23-17(24)9-12(3)21-19(23)27-18/h1,6-7,9-11H,5,8H2,2-3H3/b14-10-.